The van der Waals surface area contributed by atoms with Gasteiger partial charge in [-0.05, 0) is 56.7 Å². The van der Waals surface area contributed by atoms with Crippen molar-refractivity contribution in [3.8, 4) is 0 Å². The molecule has 4 nitrogen and oxygen atoms in total. The molecule has 4 heteroatoms. The van der Waals surface area contributed by atoms with Crippen LogP contribution in [0.3, 0.4) is 0 Å². The molecule has 0 spiro atoms. The highest BCUT2D eigenvalue weighted by molar-refractivity contribution is 5.87. The molecule has 2 aromatic rings. The van der Waals surface area contributed by atoms with E-state index >= 15 is 0 Å². The SMILES string of the molecule is CCc1ccc(CCC(=O)N(CCc2ccccc2)[C@@H](C)C(=O)NC(C)C)cc1. The lowest BCUT2D eigenvalue weighted by Gasteiger charge is -2.29. The van der Waals surface area contributed by atoms with Gasteiger partial charge in [0.05, 0.1) is 0 Å². The number of nitrogens with zero attached hydrogens (tertiary/aromatic N) is 1. The lowest BCUT2D eigenvalue weighted by molar-refractivity contribution is -0.140. The normalized spacial score (nSPS) is 11.9. The number of aryl methyl sites for hydroxylation is 2. The largest absolute Gasteiger partial charge is 0.352 e. The van der Waals surface area contributed by atoms with Crippen LogP contribution in [0.4, 0.5) is 0 Å². The molecule has 156 valence electrons. The van der Waals surface area contributed by atoms with Crippen LogP contribution in [0.2, 0.25) is 0 Å². The summed E-state index contributed by atoms with van der Waals surface area (Å²) in [5.41, 5.74) is 3.61. The Balaban J connectivity index is 2.04. The third-order valence-corrected chi connectivity index (χ3v) is 5.14. The van der Waals surface area contributed by atoms with Crippen molar-refractivity contribution in [3.05, 3.63) is 71.3 Å². The van der Waals surface area contributed by atoms with Gasteiger partial charge in [0.25, 0.3) is 0 Å². The molecule has 0 radical (unpaired) electrons. The van der Waals surface area contributed by atoms with E-state index in [9.17, 15) is 9.59 Å². The van der Waals surface area contributed by atoms with Gasteiger partial charge >= 0.3 is 0 Å². The van der Waals surface area contributed by atoms with Crippen molar-refractivity contribution >= 4 is 11.8 Å². The number of carbonyl (C=O) groups excluding carboxylic acids is 2. The average molecular weight is 395 g/mol. The summed E-state index contributed by atoms with van der Waals surface area (Å²) in [4.78, 5) is 27.3. The highest BCUT2D eigenvalue weighted by atomic mass is 16.2. The van der Waals surface area contributed by atoms with E-state index in [1.54, 1.807) is 4.90 Å². The summed E-state index contributed by atoms with van der Waals surface area (Å²) in [5, 5.41) is 2.93. The van der Waals surface area contributed by atoms with Crippen LogP contribution in [0.1, 0.15) is 50.8 Å². The van der Waals surface area contributed by atoms with Crippen molar-refractivity contribution in [2.24, 2.45) is 0 Å². The standard InChI is InChI=1S/C25H34N2O2/c1-5-21-11-13-23(14-12-21)15-16-24(28)27(20(4)25(29)26-19(2)3)18-17-22-9-7-6-8-10-22/h6-14,19-20H,5,15-18H2,1-4H3,(H,26,29)/t20-/m0/s1. The zero-order chi connectivity index (χ0) is 21.2. The minimum Gasteiger partial charge on any atom is -0.352 e. The van der Waals surface area contributed by atoms with Gasteiger partial charge < -0.3 is 10.2 Å². The molecule has 29 heavy (non-hydrogen) atoms. The van der Waals surface area contributed by atoms with E-state index in [0.717, 1.165) is 24.0 Å². The van der Waals surface area contributed by atoms with E-state index in [-0.39, 0.29) is 17.9 Å². The number of rotatable bonds is 10. The van der Waals surface area contributed by atoms with Gasteiger partial charge in [-0.25, -0.2) is 0 Å². The van der Waals surface area contributed by atoms with E-state index in [0.29, 0.717) is 19.4 Å². The summed E-state index contributed by atoms with van der Waals surface area (Å²) in [7, 11) is 0. The highest BCUT2D eigenvalue weighted by Crippen LogP contribution is 2.12. The Hall–Kier alpha value is -2.62. The third kappa shape index (κ3) is 7.37. The predicted molar refractivity (Wildman–Crippen MR) is 119 cm³/mol. The van der Waals surface area contributed by atoms with Gasteiger partial charge in [0.2, 0.25) is 11.8 Å². The Labute approximate surface area is 175 Å². The number of nitrogens with one attached hydrogen (secondary N) is 1. The average Bonchev–Trinajstić information content (AvgIpc) is 2.72. The van der Waals surface area contributed by atoms with E-state index in [1.165, 1.54) is 5.56 Å². The van der Waals surface area contributed by atoms with Crippen molar-refractivity contribution in [2.45, 2.75) is 65.5 Å². The van der Waals surface area contributed by atoms with Crippen LogP contribution in [0.5, 0.6) is 0 Å². The Morgan fingerprint density at radius 2 is 1.45 bits per heavy atom. The molecule has 0 aliphatic heterocycles. The molecule has 0 unspecified atom stereocenters. The molecular weight excluding hydrogens is 360 g/mol. The second-order valence-corrected chi connectivity index (χ2v) is 7.83. The fourth-order valence-electron chi connectivity index (χ4n) is 3.31. The third-order valence-electron chi connectivity index (χ3n) is 5.14. The Kier molecular flexibility index (Phi) is 8.91. The first kappa shape index (κ1) is 22.7. The van der Waals surface area contributed by atoms with Crippen molar-refractivity contribution in [1.29, 1.82) is 0 Å². The van der Waals surface area contributed by atoms with E-state index in [4.69, 9.17) is 0 Å². The molecule has 0 heterocycles. The Morgan fingerprint density at radius 1 is 0.862 bits per heavy atom. The van der Waals surface area contributed by atoms with Gasteiger partial charge in [0.1, 0.15) is 6.04 Å². The van der Waals surface area contributed by atoms with Gasteiger partial charge in [-0.2, -0.15) is 0 Å². The predicted octanol–water partition coefficient (Wildman–Crippen LogP) is 4.17. The van der Waals surface area contributed by atoms with Gasteiger partial charge in [-0.3, -0.25) is 9.59 Å². The minimum absolute atomic E-state index is 0.0203. The maximum absolute atomic E-state index is 13.0. The fourth-order valence-corrected chi connectivity index (χ4v) is 3.31. The number of carbonyl (C=O) groups is 2. The van der Waals surface area contributed by atoms with Crippen LogP contribution in [-0.4, -0.2) is 35.3 Å². The Bertz CT molecular complexity index is 769. The molecule has 0 saturated heterocycles. The molecule has 0 fully saturated rings. The van der Waals surface area contributed by atoms with E-state index in [2.05, 4.69) is 48.6 Å². The first-order chi connectivity index (χ1) is 13.9. The molecule has 0 bridgehead atoms. The van der Waals surface area contributed by atoms with Gasteiger partial charge in [-0.1, -0.05) is 61.5 Å². The summed E-state index contributed by atoms with van der Waals surface area (Å²) in [6.07, 6.45) is 2.83. The van der Waals surface area contributed by atoms with Crippen LogP contribution in [0.15, 0.2) is 54.6 Å². The molecule has 1 N–H and O–H groups in total. The fraction of sp³-hybridized carbons (Fsp3) is 0.440. The number of hydrogen-bond donors (Lipinski definition) is 1. The molecule has 0 aromatic heterocycles. The van der Waals surface area contributed by atoms with Crippen molar-refractivity contribution < 1.29 is 9.59 Å². The quantitative estimate of drug-likeness (QED) is 0.658. The number of amides is 2. The summed E-state index contributed by atoms with van der Waals surface area (Å²) < 4.78 is 0. The van der Waals surface area contributed by atoms with Crippen molar-refractivity contribution in [1.82, 2.24) is 10.2 Å². The molecule has 0 aliphatic carbocycles. The summed E-state index contributed by atoms with van der Waals surface area (Å²) >= 11 is 0. The molecule has 0 aliphatic rings. The molecule has 1 atom stereocenters. The summed E-state index contributed by atoms with van der Waals surface area (Å²) in [5.74, 6) is -0.0828. The van der Waals surface area contributed by atoms with Gasteiger partial charge in [0.15, 0.2) is 0 Å². The highest BCUT2D eigenvalue weighted by Gasteiger charge is 2.25. The molecule has 2 rings (SSSR count). The van der Waals surface area contributed by atoms with Crippen LogP contribution >= 0.6 is 0 Å². The molecule has 2 aromatic carbocycles. The van der Waals surface area contributed by atoms with Gasteiger partial charge in [0, 0.05) is 19.0 Å². The van der Waals surface area contributed by atoms with E-state index < -0.39 is 6.04 Å². The second kappa shape index (κ2) is 11.4. The Morgan fingerprint density at radius 3 is 2.03 bits per heavy atom. The summed E-state index contributed by atoms with van der Waals surface area (Å²) in [6, 6.07) is 18.1. The van der Waals surface area contributed by atoms with Gasteiger partial charge in [-0.15, -0.1) is 0 Å². The van der Waals surface area contributed by atoms with Crippen LogP contribution in [0, 0.1) is 0 Å². The molecular formula is C25H34N2O2. The lowest BCUT2D eigenvalue weighted by Crippen LogP contribution is -2.50. The molecule has 2 amide bonds. The van der Waals surface area contributed by atoms with Crippen LogP contribution in [-0.2, 0) is 28.9 Å². The minimum atomic E-state index is -0.490. The zero-order valence-electron chi connectivity index (χ0n) is 18.2. The van der Waals surface area contributed by atoms with Crippen molar-refractivity contribution in [2.75, 3.05) is 6.54 Å². The maximum atomic E-state index is 13.0. The number of benzene rings is 2. The lowest BCUT2D eigenvalue weighted by atomic mass is 10.0. The number of hydrogen-bond acceptors (Lipinski definition) is 2. The van der Waals surface area contributed by atoms with Crippen molar-refractivity contribution in [3.63, 3.8) is 0 Å². The monoisotopic (exact) mass is 394 g/mol. The van der Waals surface area contributed by atoms with Crippen LogP contribution in [0.25, 0.3) is 0 Å². The van der Waals surface area contributed by atoms with E-state index in [1.807, 2.05) is 39.0 Å². The smallest absolute Gasteiger partial charge is 0.242 e. The first-order valence-corrected chi connectivity index (χ1v) is 10.6. The summed E-state index contributed by atoms with van der Waals surface area (Å²) in [6.45, 7) is 8.34. The topological polar surface area (TPSA) is 49.4 Å². The second-order valence-electron chi connectivity index (χ2n) is 7.83. The molecule has 0 saturated carbocycles. The first-order valence-electron chi connectivity index (χ1n) is 10.6. The van der Waals surface area contributed by atoms with Crippen LogP contribution < -0.4 is 5.32 Å². The zero-order valence-corrected chi connectivity index (χ0v) is 18.2. The maximum Gasteiger partial charge on any atom is 0.242 e.